The van der Waals surface area contributed by atoms with Gasteiger partial charge in [-0.1, -0.05) is 26.0 Å². The summed E-state index contributed by atoms with van der Waals surface area (Å²) in [6.07, 6.45) is -1.03. The molecular weight excluding hydrogens is 464 g/mol. The van der Waals surface area contributed by atoms with Crippen molar-refractivity contribution in [3.8, 4) is 5.75 Å². The largest absolute Gasteiger partial charge is 0.508 e. The average molecular weight is 499 g/mol. The Balaban J connectivity index is 3.04. The van der Waals surface area contributed by atoms with E-state index in [4.69, 9.17) is 5.73 Å². The summed E-state index contributed by atoms with van der Waals surface area (Å²) in [4.78, 5) is 49.4. The Morgan fingerprint density at radius 1 is 0.941 bits per heavy atom. The number of carbonyl (C=O) groups is 4. The number of rotatable bonds is 13. The van der Waals surface area contributed by atoms with E-state index in [0.29, 0.717) is 12.0 Å². The van der Waals surface area contributed by atoms with Crippen LogP contribution in [0.25, 0.3) is 0 Å². The first-order valence-corrected chi connectivity index (χ1v) is 11.4. The van der Waals surface area contributed by atoms with E-state index in [-0.39, 0.29) is 23.8 Å². The Hall–Kier alpha value is -2.83. The molecular formula is C22H34N4O7S. The number of carboxylic acid groups (broad SMARTS) is 1. The summed E-state index contributed by atoms with van der Waals surface area (Å²) < 4.78 is 0. The fourth-order valence-corrected chi connectivity index (χ4v) is 3.34. The molecule has 0 saturated heterocycles. The van der Waals surface area contributed by atoms with Crippen LogP contribution in [0.3, 0.4) is 0 Å². The molecule has 3 amide bonds. The minimum Gasteiger partial charge on any atom is -0.508 e. The fraction of sp³-hybridized carbons (Fsp3) is 0.545. The van der Waals surface area contributed by atoms with Crippen LogP contribution in [-0.4, -0.2) is 75.0 Å². The van der Waals surface area contributed by atoms with Gasteiger partial charge in [-0.2, -0.15) is 12.6 Å². The first-order chi connectivity index (χ1) is 15.8. The lowest BCUT2D eigenvalue weighted by Crippen LogP contribution is -2.59. The second-order valence-electron chi connectivity index (χ2n) is 8.48. The third kappa shape index (κ3) is 9.57. The lowest BCUT2D eigenvalue weighted by molar-refractivity contribution is -0.145. The van der Waals surface area contributed by atoms with Crippen LogP contribution in [-0.2, 0) is 25.6 Å². The van der Waals surface area contributed by atoms with Crippen molar-refractivity contribution < 1.29 is 34.5 Å². The maximum atomic E-state index is 12.9. The van der Waals surface area contributed by atoms with Gasteiger partial charge in [0.2, 0.25) is 17.7 Å². The second kappa shape index (κ2) is 13.8. The van der Waals surface area contributed by atoms with Gasteiger partial charge in [-0.25, -0.2) is 4.79 Å². The molecule has 5 atom stereocenters. The Morgan fingerprint density at radius 3 is 1.94 bits per heavy atom. The van der Waals surface area contributed by atoms with Crippen molar-refractivity contribution in [3.63, 3.8) is 0 Å². The molecule has 0 saturated carbocycles. The molecule has 0 bridgehead atoms. The number of aliphatic carboxylic acids is 1. The van der Waals surface area contributed by atoms with Gasteiger partial charge < -0.3 is 37.0 Å². The molecule has 1 rings (SSSR count). The summed E-state index contributed by atoms with van der Waals surface area (Å²) in [6, 6.07) is 1.10. The Morgan fingerprint density at radius 2 is 1.47 bits per heavy atom. The lowest BCUT2D eigenvalue weighted by atomic mass is 10.0. The predicted octanol–water partition coefficient (Wildman–Crippen LogP) is -0.842. The van der Waals surface area contributed by atoms with Gasteiger partial charge in [-0.15, -0.1) is 0 Å². The first-order valence-electron chi connectivity index (χ1n) is 10.8. The standard InChI is InChI=1S/C22H34N4O7S/c1-11(2)8-15(23)19(29)25-17(10-34)21(31)24-16(9-13-4-6-14(28)7-5-13)20(30)26-18(12(3)27)22(32)33/h4-7,11-12,15-18,27-28,34H,8-10,23H2,1-3H3,(H,24,31)(H,25,29)(H,26,30)(H,32,33). The van der Waals surface area contributed by atoms with Gasteiger partial charge in [0, 0.05) is 12.2 Å². The molecule has 34 heavy (non-hydrogen) atoms. The Kier molecular flexibility index (Phi) is 11.8. The zero-order valence-electron chi connectivity index (χ0n) is 19.4. The molecule has 190 valence electrons. The number of benzene rings is 1. The zero-order chi connectivity index (χ0) is 26.0. The SMILES string of the molecule is CC(C)CC(N)C(=O)NC(CS)C(=O)NC(Cc1ccc(O)cc1)C(=O)NC(C(=O)O)C(C)O. The summed E-state index contributed by atoms with van der Waals surface area (Å²) in [7, 11) is 0. The molecule has 1 aromatic rings. The number of amides is 3. The Bertz CT molecular complexity index is 848. The van der Waals surface area contributed by atoms with Crippen LogP contribution >= 0.6 is 12.6 Å². The van der Waals surface area contributed by atoms with E-state index < -0.39 is 54.0 Å². The van der Waals surface area contributed by atoms with Crippen LogP contribution in [0.1, 0.15) is 32.8 Å². The highest BCUT2D eigenvalue weighted by molar-refractivity contribution is 7.80. The highest BCUT2D eigenvalue weighted by Crippen LogP contribution is 2.12. The van der Waals surface area contributed by atoms with Gasteiger partial charge in [0.25, 0.3) is 0 Å². The fourth-order valence-electron chi connectivity index (χ4n) is 3.08. The quantitative estimate of drug-likeness (QED) is 0.161. The molecule has 0 radical (unpaired) electrons. The van der Waals surface area contributed by atoms with E-state index in [1.807, 2.05) is 13.8 Å². The summed E-state index contributed by atoms with van der Waals surface area (Å²) in [6.45, 7) is 5.01. The van der Waals surface area contributed by atoms with Crippen molar-refractivity contribution >= 4 is 36.3 Å². The third-order valence-electron chi connectivity index (χ3n) is 4.93. The van der Waals surface area contributed by atoms with Gasteiger partial charge >= 0.3 is 5.97 Å². The summed E-state index contributed by atoms with van der Waals surface area (Å²) in [5.41, 5.74) is 6.43. The number of nitrogens with one attached hydrogen (secondary N) is 3. The molecule has 0 heterocycles. The topological polar surface area (TPSA) is 191 Å². The summed E-state index contributed by atoms with van der Waals surface area (Å²) in [5.74, 6) is -3.47. The molecule has 1 aromatic carbocycles. The molecule has 0 aliphatic rings. The number of phenols is 1. The van der Waals surface area contributed by atoms with E-state index in [2.05, 4.69) is 28.6 Å². The van der Waals surface area contributed by atoms with E-state index in [9.17, 15) is 34.5 Å². The number of carboxylic acids is 1. The van der Waals surface area contributed by atoms with Crippen molar-refractivity contribution in [2.24, 2.45) is 11.7 Å². The van der Waals surface area contributed by atoms with Crippen LogP contribution in [0.2, 0.25) is 0 Å². The minimum absolute atomic E-state index is 0.00409. The highest BCUT2D eigenvalue weighted by atomic mass is 32.1. The number of aromatic hydroxyl groups is 1. The smallest absolute Gasteiger partial charge is 0.328 e. The minimum atomic E-state index is -1.60. The lowest BCUT2D eigenvalue weighted by Gasteiger charge is -2.25. The van der Waals surface area contributed by atoms with Crippen LogP contribution < -0.4 is 21.7 Å². The molecule has 8 N–H and O–H groups in total. The molecule has 0 spiro atoms. The number of phenolic OH excluding ortho intramolecular Hbond substituents is 1. The van der Waals surface area contributed by atoms with Crippen molar-refractivity contribution in [3.05, 3.63) is 29.8 Å². The number of hydrogen-bond acceptors (Lipinski definition) is 8. The monoisotopic (exact) mass is 498 g/mol. The van der Waals surface area contributed by atoms with Gasteiger partial charge in [0.1, 0.15) is 17.8 Å². The summed E-state index contributed by atoms with van der Waals surface area (Å²) in [5, 5.41) is 35.6. The van der Waals surface area contributed by atoms with Gasteiger partial charge in [0.05, 0.1) is 12.1 Å². The summed E-state index contributed by atoms with van der Waals surface area (Å²) >= 11 is 4.11. The molecule has 11 nitrogen and oxygen atoms in total. The highest BCUT2D eigenvalue weighted by Gasteiger charge is 2.31. The second-order valence-corrected chi connectivity index (χ2v) is 8.84. The third-order valence-corrected chi connectivity index (χ3v) is 5.30. The van der Waals surface area contributed by atoms with E-state index in [1.54, 1.807) is 0 Å². The van der Waals surface area contributed by atoms with Gasteiger partial charge in [-0.05, 0) is 37.0 Å². The van der Waals surface area contributed by atoms with Crippen molar-refractivity contribution in [2.45, 2.75) is 63.9 Å². The van der Waals surface area contributed by atoms with E-state index in [1.165, 1.54) is 31.2 Å². The van der Waals surface area contributed by atoms with Crippen LogP contribution in [0.4, 0.5) is 0 Å². The number of aliphatic hydroxyl groups excluding tert-OH is 1. The molecule has 0 aliphatic heterocycles. The predicted molar refractivity (Wildman–Crippen MR) is 128 cm³/mol. The average Bonchev–Trinajstić information content (AvgIpc) is 2.75. The number of aliphatic hydroxyl groups is 1. The molecule has 0 aromatic heterocycles. The van der Waals surface area contributed by atoms with Crippen molar-refractivity contribution in [1.82, 2.24) is 16.0 Å². The van der Waals surface area contributed by atoms with Crippen molar-refractivity contribution in [1.29, 1.82) is 0 Å². The maximum absolute atomic E-state index is 12.9. The van der Waals surface area contributed by atoms with Crippen LogP contribution in [0.5, 0.6) is 5.75 Å². The first kappa shape index (κ1) is 29.2. The molecule has 0 aliphatic carbocycles. The van der Waals surface area contributed by atoms with Gasteiger partial charge in [0.15, 0.2) is 6.04 Å². The number of thiol groups is 1. The number of nitrogens with two attached hydrogens (primary N) is 1. The zero-order valence-corrected chi connectivity index (χ0v) is 20.3. The maximum Gasteiger partial charge on any atom is 0.328 e. The van der Waals surface area contributed by atoms with Crippen LogP contribution in [0, 0.1) is 5.92 Å². The van der Waals surface area contributed by atoms with Crippen molar-refractivity contribution in [2.75, 3.05) is 5.75 Å². The van der Waals surface area contributed by atoms with E-state index in [0.717, 1.165) is 0 Å². The normalized spacial score (nSPS) is 15.5. The Labute approximate surface area is 203 Å². The molecule has 12 heteroatoms. The van der Waals surface area contributed by atoms with E-state index >= 15 is 0 Å². The van der Waals surface area contributed by atoms with Gasteiger partial charge in [-0.3, -0.25) is 14.4 Å². The number of hydrogen-bond donors (Lipinski definition) is 8. The van der Waals surface area contributed by atoms with Crippen LogP contribution in [0.15, 0.2) is 24.3 Å². The number of carbonyl (C=O) groups excluding carboxylic acids is 3. The molecule has 5 unspecified atom stereocenters. The molecule has 0 fully saturated rings.